The molecule has 3 aliphatic rings. The molecule has 0 spiro atoms. The van der Waals surface area contributed by atoms with Gasteiger partial charge in [-0.05, 0) is 204 Å². The van der Waals surface area contributed by atoms with E-state index < -0.39 is 0 Å². The second kappa shape index (κ2) is 42.4. The Hall–Kier alpha value is -4.77. The number of hydrogen-bond acceptors (Lipinski definition) is 12. The van der Waals surface area contributed by atoms with Crippen molar-refractivity contribution >= 4 is 0 Å². The maximum absolute atomic E-state index is 13.5. The molecular formula is C108H168ClCr2N6O6-. The van der Waals surface area contributed by atoms with Crippen LogP contribution in [-0.2, 0) is 139 Å². The molecule has 3 aliphatic carbocycles. The molecule has 6 atom stereocenters. The van der Waals surface area contributed by atoms with Gasteiger partial charge in [-0.25, -0.2) is 0 Å². The van der Waals surface area contributed by atoms with Crippen LogP contribution in [0.2, 0.25) is 0 Å². The third-order valence-corrected chi connectivity index (χ3v) is 25.7. The zero-order chi connectivity index (χ0) is 90.8. The summed E-state index contributed by atoms with van der Waals surface area (Å²) in [5.41, 5.74) is 16.4. The molecule has 0 amide bonds. The van der Waals surface area contributed by atoms with Gasteiger partial charge in [-0.3, -0.25) is 0 Å². The van der Waals surface area contributed by atoms with Crippen molar-refractivity contribution in [3.05, 3.63) is 173 Å². The standard InChI is InChI=1S/3C36H58N2O2.ClH.2Cr/c3*1-33(2,3)25-17-23(31(39)27(19-25)35(7,8)9)21-37-29-15-13-14-16-30(29)38-22-24-18-26(34(4,5)6)20-28(32(24)40)36(10,11)12;;;/h3*17-20,29-30,37-40H,13-16,21-22H2,1-12H3;1H;;/q;;;;2*+3/p-7/t29-,30-;;;;;/m1...../s1. The van der Waals surface area contributed by atoms with Crippen LogP contribution in [0.25, 0.3) is 0 Å². The molecule has 6 aromatic rings. The zero-order valence-corrected chi connectivity index (χ0v) is 87.1. The molecule has 3 fully saturated rings. The fourth-order valence-corrected chi connectivity index (χ4v) is 17.2. The third kappa shape index (κ3) is 30.4. The van der Waals surface area contributed by atoms with Crippen molar-refractivity contribution in [2.75, 3.05) is 0 Å². The molecule has 2 radical (unpaired) electrons. The molecule has 6 aromatic carbocycles. The minimum atomic E-state index is -0.203. The first-order chi connectivity index (χ1) is 54.6. The average Bonchev–Trinajstić information content (AvgIpc) is 0.808. The Balaban J connectivity index is 0.000000383. The van der Waals surface area contributed by atoms with Crippen LogP contribution in [0.3, 0.4) is 0 Å². The SMILES string of the molecule is CC(C)(C)c1cc(CNC2CCCCC2NCc2cc(C(C)(C)C)cc(C(C)(C)C)c2[O-])c([O-])c(C(C)(C)C)c1.CC(C)(C)c1cc(CNC2CCCCC2NCc2cc(C(C)(C)C)cc(C(C)(C)C)c2[O-])c([O-])c(C(C)(C)C)c1.CC(C)(C)c1cc(CN[C@@H]2CCCC[C@H]2NCc2cc(C(C)(C)C)cc(C(C)(C)C)c2[O-])c([O-])c(C(C)(C)C)c1.[Cl-].[Cr+3].[Cr+3]. The Morgan fingerprint density at radius 2 is 0.301 bits per heavy atom. The van der Waals surface area contributed by atoms with Crippen LogP contribution in [0.5, 0.6) is 34.5 Å². The molecule has 0 saturated heterocycles. The summed E-state index contributed by atoms with van der Waals surface area (Å²) < 4.78 is 0. The van der Waals surface area contributed by atoms with Gasteiger partial charge in [0.25, 0.3) is 0 Å². The average molecular weight is 1790 g/mol. The molecule has 0 heterocycles. The second-order valence-electron chi connectivity index (χ2n) is 48.9. The minimum Gasteiger partial charge on any atom is -1.00 e. The van der Waals surface area contributed by atoms with Gasteiger partial charge in [0.05, 0.1) is 0 Å². The van der Waals surface area contributed by atoms with Gasteiger partial charge in [0.2, 0.25) is 0 Å². The van der Waals surface area contributed by atoms with Crippen LogP contribution < -0.4 is 74.9 Å². The van der Waals surface area contributed by atoms with Crippen molar-refractivity contribution in [2.24, 2.45) is 0 Å². The fraction of sp³-hybridized carbons (Fsp3) is 0.667. The van der Waals surface area contributed by atoms with E-state index in [0.29, 0.717) is 39.3 Å². The summed E-state index contributed by atoms with van der Waals surface area (Å²) in [6.07, 6.45) is 13.5. The van der Waals surface area contributed by atoms with Crippen LogP contribution in [0.1, 0.15) is 426 Å². The first kappa shape index (κ1) is 111. The summed E-state index contributed by atoms with van der Waals surface area (Å²) in [6, 6.07) is 27.0. The maximum atomic E-state index is 13.5. The van der Waals surface area contributed by atoms with E-state index in [-0.39, 0.29) is 183 Å². The number of hydrogen-bond donors (Lipinski definition) is 6. The predicted octanol–water partition coefficient (Wildman–Crippen LogP) is 18.6. The quantitative estimate of drug-likeness (QED) is 0.0475. The maximum Gasteiger partial charge on any atom is 3.00 e. The molecule has 9 rings (SSSR count). The van der Waals surface area contributed by atoms with Gasteiger partial charge in [0.1, 0.15) is 0 Å². The van der Waals surface area contributed by atoms with Gasteiger partial charge in [-0.1, -0.05) is 361 Å². The van der Waals surface area contributed by atoms with Gasteiger partial charge in [-0.15, -0.1) is 34.5 Å². The molecule has 0 aliphatic heterocycles. The van der Waals surface area contributed by atoms with E-state index in [0.717, 1.165) is 105 Å². The van der Waals surface area contributed by atoms with E-state index in [4.69, 9.17) is 0 Å². The molecule has 4 unspecified atom stereocenters. The predicted molar refractivity (Wildman–Crippen MR) is 499 cm³/mol. The van der Waals surface area contributed by atoms with Gasteiger partial charge in [0.15, 0.2) is 0 Å². The second-order valence-corrected chi connectivity index (χ2v) is 48.9. The molecule has 6 N–H and O–H groups in total. The molecule has 15 heteroatoms. The molecule has 0 aromatic heterocycles. The van der Waals surface area contributed by atoms with E-state index >= 15 is 0 Å². The smallest absolute Gasteiger partial charge is 1.00 e. The molecule has 0 bridgehead atoms. The Bertz CT molecular complexity index is 3700. The van der Waals surface area contributed by atoms with Gasteiger partial charge < -0.3 is 74.9 Å². The zero-order valence-electron chi connectivity index (χ0n) is 83.8. The van der Waals surface area contributed by atoms with Crippen LogP contribution in [0.15, 0.2) is 72.8 Å². The largest absolute Gasteiger partial charge is 3.00 e. The van der Waals surface area contributed by atoms with E-state index in [1.807, 2.05) is 0 Å². The Morgan fingerprint density at radius 3 is 0.390 bits per heavy atom. The Labute approximate surface area is 778 Å². The molecule has 123 heavy (non-hydrogen) atoms. The normalized spacial score (nSPS) is 18.7. The topological polar surface area (TPSA) is 211 Å². The summed E-state index contributed by atoms with van der Waals surface area (Å²) in [7, 11) is 0. The van der Waals surface area contributed by atoms with E-state index in [1.165, 1.54) is 71.9 Å². The summed E-state index contributed by atoms with van der Waals surface area (Å²) in [5, 5.41) is 104. The van der Waals surface area contributed by atoms with Crippen LogP contribution >= 0.6 is 0 Å². The fourth-order valence-electron chi connectivity index (χ4n) is 17.2. The minimum absolute atomic E-state index is 0. The summed E-state index contributed by atoms with van der Waals surface area (Å²) in [4.78, 5) is 0. The van der Waals surface area contributed by atoms with Crippen molar-refractivity contribution in [1.29, 1.82) is 0 Å². The molecule has 686 valence electrons. The summed E-state index contributed by atoms with van der Waals surface area (Å²) in [5.74, 6) is 0.989. The van der Waals surface area contributed by atoms with E-state index in [1.54, 1.807) is 0 Å². The van der Waals surface area contributed by atoms with Gasteiger partial charge in [0, 0.05) is 75.5 Å². The van der Waals surface area contributed by atoms with Crippen molar-refractivity contribution in [1.82, 2.24) is 31.9 Å². The number of rotatable bonds is 18. The van der Waals surface area contributed by atoms with Gasteiger partial charge >= 0.3 is 34.7 Å². The molecule has 12 nitrogen and oxygen atoms in total. The van der Waals surface area contributed by atoms with Crippen molar-refractivity contribution in [3.63, 3.8) is 0 Å². The van der Waals surface area contributed by atoms with Crippen LogP contribution in [-0.4, -0.2) is 36.3 Å². The van der Waals surface area contributed by atoms with Crippen molar-refractivity contribution in [3.8, 4) is 34.5 Å². The van der Waals surface area contributed by atoms with Crippen LogP contribution in [0, 0.1) is 0 Å². The summed E-state index contributed by atoms with van der Waals surface area (Å²) >= 11 is 0. The van der Waals surface area contributed by atoms with Crippen LogP contribution in [0.4, 0.5) is 0 Å². The van der Waals surface area contributed by atoms with Crippen molar-refractivity contribution < 1.29 is 77.8 Å². The molecule has 3 saturated carbocycles. The number of nitrogens with one attached hydrogen (secondary N) is 6. The van der Waals surface area contributed by atoms with E-state index in [2.05, 4.69) is 354 Å². The third-order valence-electron chi connectivity index (χ3n) is 25.7. The Morgan fingerprint density at radius 1 is 0.195 bits per heavy atom. The van der Waals surface area contributed by atoms with E-state index in [9.17, 15) is 30.6 Å². The Kier molecular flexibility index (Phi) is 38.1. The summed E-state index contributed by atoms with van der Waals surface area (Å²) in [6.45, 7) is 81.4. The van der Waals surface area contributed by atoms with Crippen molar-refractivity contribution in [2.45, 2.75) is 467 Å². The first-order valence-corrected chi connectivity index (χ1v) is 46.1. The molecular weight excluding hydrogens is 1620 g/mol. The monoisotopic (exact) mass is 1780 g/mol. The number of benzene rings is 6. The van der Waals surface area contributed by atoms with Gasteiger partial charge in [-0.2, -0.15) is 0 Å². The number of halogens is 1. The first-order valence-electron chi connectivity index (χ1n) is 46.1.